The first-order chi connectivity index (χ1) is 9.31. The van der Waals surface area contributed by atoms with Crippen LogP contribution in [0.4, 0.5) is 13.2 Å². The molecule has 0 atom stereocenters. The van der Waals surface area contributed by atoms with Crippen LogP contribution in [0.1, 0.15) is 11.4 Å². The second kappa shape index (κ2) is 4.99. The van der Waals surface area contributed by atoms with Gasteiger partial charge in [0.2, 0.25) is 5.82 Å². The highest BCUT2D eigenvalue weighted by Gasteiger charge is 2.34. The molecule has 1 aromatic heterocycles. The monoisotopic (exact) mass is 284 g/mol. The second-order valence-corrected chi connectivity index (χ2v) is 4.18. The molecule has 106 valence electrons. The number of aromatic amines is 1. The molecular weight excluding hydrogens is 273 g/mol. The Morgan fingerprint density at radius 3 is 2.55 bits per heavy atom. The molecule has 0 aliphatic carbocycles. The molecule has 0 bridgehead atoms. The van der Waals surface area contributed by atoms with Crippen molar-refractivity contribution < 1.29 is 17.9 Å². The van der Waals surface area contributed by atoms with Gasteiger partial charge in [-0.3, -0.25) is 4.79 Å². The van der Waals surface area contributed by atoms with E-state index in [0.29, 0.717) is 11.3 Å². The number of aromatic nitrogens is 2. The van der Waals surface area contributed by atoms with Crippen molar-refractivity contribution in [3.05, 3.63) is 46.0 Å². The molecule has 2 aromatic rings. The Balaban J connectivity index is 2.67. The zero-order valence-electron chi connectivity index (χ0n) is 10.7. The molecule has 0 radical (unpaired) electrons. The molecule has 0 amide bonds. The minimum absolute atomic E-state index is 0.0818. The van der Waals surface area contributed by atoms with Crippen molar-refractivity contribution in [1.29, 1.82) is 0 Å². The summed E-state index contributed by atoms with van der Waals surface area (Å²) in [5, 5.41) is 0. The second-order valence-electron chi connectivity index (χ2n) is 4.18. The van der Waals surface area contributed by atoms with E-state index in [-0.39, 0.29) is 5.69 Å². The number of rotatable bonds is 2. The number of aryl methyl sites for hydroxylation is 1. The summed E-state index contributed by atoms with van der Waals surface area (Å²) in [5.74, 6) is -0.981. The average molecular weight is 284 g/mol. The van der Waals surface area contributed by atoms with Gasteiger partial charge in [0.15, 0.2) is 0 Å². The van der Waals surface area contributed by atoms with Gasteiger partial charge in [-0.05, 0) is 19.1 Å². The van der Waals surface area contributed by atoms with E-state index < -0.39 is 17.6 Å². The van der Waals surface area contributed by atoms with Gasteiger partial charge in [0, 0.05) is 11.6 Å². The Labute approximate surface area is 112 Å². The van der Waals surface area contributed by atoms with Crippen molar-refractivity contribution in [2.45, 2.75) is 13.1 Å². The van der Waals surface area contributed by atoms with Gasteiger partial charge in [-0.25, -0.2) is 4.98 Å². The van der Waals surface area contributed by atoms with Gasteiger partial charge in [-0.15, -0.1) is 0 Å². The van der Waals surface area contributed by atoms with Crippen molar-refractivity contribution in [2.24, 2.45) is 0 Å². The first-order valence-electron chi connectivity index (χ1n) is 5.65. The Bertz CT molecular complexity index is 693. The predicted molar refractivity (Wildman–Crippen MR) is 66.6 cm³/mol. The van der Waals surface area contributed by atoms with E-state index in [1.54, 1.807) is 30.1 Å². The third-order valence-electron chi connectivity index (χ3n) is 2.64. The Hall–Kier alpha value is -2.31. The van der Waals surface area contributed by atoms with E-state index in [1.165, 1.54) is 7.11 Å². The lowest BCUT2D eigenvalue weighted by atomic mass is 10.1. The van der Waals surface area contributed by atoms with Crippen LogP contribution in [0.5, 0.6) is 5.75 Å². The minimum atomic E-state index is -4.72. The number of alkyl halides is 3. The van der Waals surface area contributed by atoms with E-state index in [1.807, 2.05) is 0 Å². The molecule has 7 heteroatoms. The van der Waals surface area contributed by atoms with Gasteiger partial charge >= 0.3 is 6.18 Å². The summed E-state index contributed by atoms with van der Waals surface area (Å²) in [6.45, 7) is 1.78. The van der Waals surface area contributed by atoms with Crippen LogP contribution < -0.4 is 10.3 Å². The van der Waals surface area contributed by atoms with Gasteiger partial charge in [0.1, 0.15) is 5.75 Å². The predicted octanol–water partition coefficient (Wildman–Crippen LogP) is 2.77. The largest absolute Gasteiger partial charge is 0.496 e. The molecule has 0 aliphatic heterocycles. The zero-order valence-corrected chi connectivity index (χ0v) is 10.7. The Kier molecular flexibility index (Phi) is 3.52. The normalized spacial score (nSPS) is 11.4. The van der Waals surface area contributed by atoms with Gasteiger partial charge in [0.05, 0.1) is 12.8 Å². The van der Waals surface area contributed by atoms with Gasteiger partial charge in [-0.2, -0.15) is 13.2 Å². The van der Waals surface area contributed by atoms with Crippen LogP contribution in [0, 0.1) is 6.92 Å². The van der Waals surface area contributed by atoms with Crippen molar-refractivity contribution in [3.8, 4) is 17.0 Å². The topological polar surface area (TPSA) is 55.0 Å². The number of ether oxygens (including phenoxy) is 1. The minimum Gasteiger partial charge on any atom is -0.496 e. The van der Waals surface area contributed by atoms with E-state index in [2.05, 4.69) is 4.98 Å². The number of hydrogen-bond acceptors (Lipinski definition) is 3. The summed E-state index contributed by atoms with van der Waals surface area (Å²) < 4.78 is 43.1. The summed E-state index contributed by atoms with van der Waals surface area (Å²) in [4.78, 5) is 16.5. The lowest BCUT2D eigenvalue weighted by molar-refractivity contribution is -0.145. The highest BCUT2D eigenvalue weighted by atomic mass is 19.4. The number of halogens is 3. The molecule has 0 saturated heterocycles. The fraction of sp³-hybridized carbons (Fsp3) is 0.231. The average Bonchev–Trinajstić information content (AvgIpc) is 2.37. The molecule has 20 heavy (non-hydrogen) atoms. The van der Waals surface area contributed by atoms with Crippen LogP contribution in [0.15, 0.2) is 29.1 Å². The maximum absolute atomic E-state index is 12.7. The summed E-state index contributed by atoms with van der Waals surface area (Å²) >= 11 is 0. The summed E-state index contributed by atoms with van der Waals surface area (Å²) in [7, 11) is 1.39. The molecule has 0 fully saturated rings. The number of hydrogen-bond donors (Lipinski definition) is 1. The van der Waals surface area contributed by atoms with Crippen LogP contribution in [0.3, 0.4) is 0 Å². The molecule has 1 heterocycles. The van der Waals surface area contributed by atoms with Crippen LogP contribution in [0.2, 0.25) is 0 Å². The summed E-state index contributed by atoms with van der Waals surface area (Å²) in [6.07, 6.45) is -4.72. The van der Waals surface area contributed by atoms with Crippen LogP contribution in [0.25, 0.3) is 11.3 Å². The van der Waals surface area contributed by atoms with E-state index in [9.17, 15) is 18.0 Å². The third-order valence-corrected chi connectivity index (χ3v) is 2.64. The van der Waals surface area contributed by atoms with Gasteiger partial charge in [-0.1, -0.05) is 11.6 Å². The highest BCUT2D eigenvalue weighted by molar-refractivity contribution is 5.67. The van der Waals surface area contributed by atoms with Crippen LogP contribution in [-0.2, 0) is 6.18 Å². The Morgan fingerprint density at radius 2 is 1.95 bits per heavy atom. The van der Waals surface area contributed by atoms with Crippen LogP contribution >= 0.6 is 0 Å². The quantitative estimate of drug-likeness (QED) is 0.922. The number of nitrogens with one attached hydrogen (secondary N) is 1. The summed E-state index contributed by atoms with van der Waals surface area (Å²) in [5.41, 5.74) is 0.202. The number of H-pyrrole nitrogens is 1. The molecule has 0 spiro atoms. The number of nitrogens with zero attached hydrogens (tertiary/aromatic N) is 1. The van der Waals surface area contributed by atoms with Gasteiger partial charge < -0.3 is 9.72 Å². The van der Waals surface area contributed by atoms with Gasteiger partial charge in [0.25, 0.3) is 5.56 Å². The maximum atomic E-state index is 12.7. The summed E-state index contributed by atoms with van der Waals surface area (Å²) in [6, 6.07) is 5.98. The maximum Gasteiger partial charge on any atom is 0.449 e. The molecule has 1 N–H and O–H groups in total. The number of benzene rings is 1. The number of methoxy groups -OCH3 is 1. The zero-order chi connectivity index (χ0) is 14.9. The van der Waals surface area contributed by atoms with Crippen molar-refractivity contribution in [1.82, 2.24) is 9.97 Å². The fourth-order valence-electron chi connectivity index (χ4n) is 1.75. The molecule has 4 nitrogen and oxygen atoms in total. The van der Waals surface area contributed by atoms with E-state index in [4.69, 9.17) is 4.74 Å². The molecular formula is C13H11F3N2O2. The molecule has 1 aromatic carbocycles. The van der Waals surface area contributed by atoms with E-state index >= 15 is 0 Å². The van der Waals surface area contributed by atoms with Crippen molar-refractivity contribution in [2.75, 3.05) is 7.11 Å². The fourth-order valence-corrected chi connectivity index (χ4v) is 1.75. The third kappa shape index (κ3) is 2.81. The molecule has 0 saturated carbocycles. The van der Waals surface area contributed by atoms with Crippen molar-refractivity contribution >= 4 is 0 Å². The van der Waals surface area contributed by atoms with E-state index in [0.717, 1.165) is 11.6 Å². The molecule has 0 aliphatic rings. The lowest BCUT2D eigenvalue weighted by Crippen LogP contribution is -2.19. The highest BCUT2D eigenvalue weighted by Crippen LogP contribution is 2.31. The first-order valence-corrected chi connectivity index (χ1v) is 5.65. The van der Waals surface area contributed by atoms with Crippen LogP contribution in [-0.4, -0.2) is 17.1 Å². The lowest BCUT2D eigenvalue weighted by Gasteiger charge is -2.11. The van der Waals surface area contributed by atoms with Crippen molar-refractivity contribution in [3.63, 3.8) is 0 Å². The first kappa shape index (κ1) is 14.1. The Morgan fingerprint density at radius 1 is 1.25 bits per heavy atom. The molecule has 2 rings (SSSR count). The molecule has 0 unspecified atom stereocenters. The SMILES string of the molecule is COc1ccc(C)cc1-c1cc(=O)[nH]c(C(F)(F)F)n1. The smallest absolute Gasteiger partial charge is 0.449 e. The standard InChI is InChI=1S/C13H11F3N2O2/c1-7-3-4-10(20-2)8(5-7)9-6-11(19)18-12(17-9)13(14,15)16/h3-6H,1-2H3,(H,17,18,19).